The molecular weight excluding hydrogens is 232 g/mol. The summed E-state index contributed by atoms with van der Waals surface area (Å²) in [5, 5.41) is 8.03. The maximum absolute atomic E-state index is 5.19. The molecule has 0 spiro atoms. The summed E-state index contributed by atoms with van der Waals surface area (Å²) in [4.78, 5) is 6.75. The lowest BCUT2D eigenvalue weighted by Crippen LogP contribution is -2.23. The monoisotopic (exact) mass is 248 g/mol. The fraction of sp³-hybridized carbons (Fsp3) is 0.583. The first-order valence-electron chi connectivity index (χ1n) is 6.32. The van der Waals surface area contributed by atoms with Crippen molar-refractivity contribution in [1.29, 1.82) is 0 Å². The molecule has 6 heteroatoms. The summed E-state index contributed by atoms with van der Waals surface area (Å²) < 4.78 is 10.0. The van der Waals surface area contributed by atoms with Crippen molar-refractivity contribution in [1.82, 2.24) is 20.2 Å². The van der Waals surface area contributed by atoms with Crippen LogP contribution in [0.2, 0.25) is 0 Å². The molecule has 1 saturated heterocycles. The highest BCUT2D eigenvalue weighted by molar-refractivity contribution is 5.02. The van der Waals surface area contributed by atoms with Crippen LogP contribution in [0.1, 0.15) is 43.2 Å². The second-order valence-electron chi connectivity index (χ2n) is 4.52. The first-order valence-corrected chi connectivity index (χ1v) is 6.32. The van der Waals surface area contributed by atoms with Crippen LogP contribution in [0.3, 0.4) is 0 Å². The number of nitrogens with zero attached hydrogens (tertiary/aromatic N) is 4. The molecule has 1 aliphatic heterocycles. The molecule has 0 bridgehead atoms. The molecule has 1 aliphatic rings. The molecule has 0 N–H and O–H groups in total. The summed E-state index contributed by atoms with van der Waals surface area (Å²) in [7, 11) is 0. The molecule has 1 atom stereocenters. The molecule has 0 aromatic carbocycles. The molecule has 18 heavy (non-hydrogen) atoms. The van der Waals surface area contributed by atoms with E-state index in [0.717, 1.165) is 43.9 Å². The second-order valence-corrected chi connectivity index (χ2v) is 4.52. The quantitative estimate of drug-likeness (QED) is 0.823. The first kappa shape index (κ1) is 11.4. The van der Waals surface area contributed by atoms with Gasteiger partial charge in [0.2, 0.25) is 5.89 Å². The summed E-state index contributed by atoms with van der Waals surface area (Å²) in [5.41, 5.74) is 0.945. The Balaban J connectivity index is 1.74. The van der Waals surface area contributed by atoms with Crippen molar-refractivity contribution in [3.8, 4) is 0 Å². The zero-order valence-electron chi connectivity index (χ0n) is 10.4. The topological polar surface area (TPSA) is 68.2 Å². The van der Waals surface area contributed by atoms with Crippen LogP contribution < -0.4 is 0 Å². The average Bonchev–Trinajstić information content (AvgIpc) is 3.09. The van der Waals surface area contributed by atoms with Crippen molar-refractivity contribution < 1.29 is 9.05 Å². The number of likely N-dealkylation sites (tertiary alicyclic amines) is 1. The zero-order valence-corrected chi connectivity index (χ0v) is 10.4. The lowest BCUT2D eigenvalue weighted by molar-refractivity contribution is 0.227. The van der Waals surface area contributed by atoms with Crippen LogP contribution in [-0.4, -0.2) is 26.7 Å². The van der Waals surface area contributed by atoms with E-state index in [2.05, 4.69) is 20.2 Å². The van der Waals surface area contributed by atoms with Crippen LogP contribution in [0.5, 0.6) is 0 Å². The van der Waals surface area contributed by atoms with E-state index >= 15 is 0 Å². The van der Waals surface area contributed by atoms with Crippen LogP contribution in [0.25, 0.3) is 0 Å². The van der Waals surface area contributed by atoms with Crippen molar-refractivity contribution in [3.05, 3.63) is 29.7 Å². The van der Waals surface area contributed by atoms with Gasteiger partial charge in [0, 0.05) is 19.0 Å². The molecule has 0 radical (unpaired) electrons. The van der Waals surface area contributed by atoms with Crippen molar-refractivity contribution in [2.24, 2.45) is 0 Å². The number of aromatic nitrogens is 3. The van der Waals surface area contributed by atoms with Gasteiger partial charge in [0.05, 0.1) is 11.7 Å². The van der Waals surface area contributed by atoms with Crippen LogP contribution in [0, 0.1) is 0 Å². The average molecular weight is 248 g/mol. The van der Waals surface area contributed by atoms with Gasteiger partial charge in [0.15, 0.2) is 5.82 Å². The maximum Gasteiger partial charge on any atom is 0.226 e. The Bertz CT molecular complexity index is 494. The highest BCUT2D eigenvalue weighted by Gasteiger charge is 2.30. The van der Waals surface area contributed by atoms with Gasteiger partial charge in [0.1, 0.15) is 6.26 Å². The van der Waals surface area contributed by atoms with Gasteiger partial charge in [-0.1, -0.05) is 17.2 Å². The number of aryl methyl sites for hydroxylation is 1. The van der Waals surface area contributed by atoms with E-state index in [1.54, 1.807) is 6.26 Å². The first-order chi connectivity index (χ1) is 8.86. The van der Waals surface area contributed by atoms with Gasteiger partial charge in [-0.25, -0.2) is 0 Å². The molecule has 0 saturated carbocycles. The normalized spacial score (nSPS) is 20.6. The van der Waals surface area contributed by atoms with Crippen LogP contribution >= 0.6 is 0 Å². The Morgan fingerprint density at radius 1 is 1.44 bits per heavy atom. The molecule has 0 amide bonds. The fourth-order valence-electron chi connectivity index (χ4n) is 2.38. The fourth-order valence-corrected chi connectivity index (χ4v) is 2.38. The Labute approximate surface area is 105 Å². The Morgan fingerprint density at radius 2 is 2.39 bits per heavy atom. The van der Waals surface area contributed by atoms with Crippen LogP contribution in [-0.2, 0) is 13.0 Å². The van der Waals surface area contributed by atoms with E-state index in [4.69, 9.17) is 9.05 Å². The SMILES string of the molecule is CCc1nc([C@@H]2CCCN2Cc2ccon2)no1. The van der Waals surface area contributed by atoms with E-state index in [9.17, 15) is 0 Å². The largest absolute Gasteiger partial charge is 0.364 e. The molecule has 0 unspecified atom stereocenters. The van der Waals surface area contributed by atoms with E-state index < -0.39 is 0 Å². The predicted molar refractivity (Wildman–Crippen MR) is 62.6 cm³/mol. The predicted octanol–water partition coefficient (Wildman–Crippen LogP) is 1.96. The third-order valence-corrected chi connectivity index (χ3v) is 3.30. The summed E-state index contributed by atoms with van der Waals surface area (Å²) in [6.07, 6.45) is 4.60. The second kappa shape index (κ2) is 4.89. The smallest absolute Gasteiger partial charge is 0.226 e. The van der Waals surface area contributed by atoms with Crippen LogP contribution in [0.15, 0.2) is 21.4 Å². The summed E-state index contributed by atoms with van der Waals surface area (Å²) in [6.45, 7) is 3.82. The Morgan fingerprint density at radius 3 is 3.11 bits per heavy atom. The molecule has 3 heterocycles. The Kier molecular flexibility index (Phi) is 3.10. The summed E-state index contributed by atoms with van der Waals surface area (Å²) in [5.74, 6) is 1.51. The number of hydrogen-bond donors (Lipinski definition) is 0. The molecule has 2 aromatic rings. The van der Waals surface area contributed by atoms with Gasteiger partial charge in [0.25, 0.3) is 0 Å². The number of rotatable bonds is 4. The minimum atomic E-state index is 0.241. The molecule has 0 aliphatic carbocycles. The summed E-state index contributed by atoms with van der Waals surface area (Å²) >= 11 is 0. The molecule has 1 fully saturated rings. The van der Waals surface area contributed by atoms with Gasteiger partial charge in [-0.2, -0.15) is 4.98 Å². The van der Waals surface area contributed by atoms with Gasteiger partial charge < -0.3 is 9.05 Å². The summed E-state index contributed by atoms with van der Waals surface area (Å²) in [6, 6.07) is 2.13. The van der Waals surface area contributed by atoms with E-state index in [-0.39, 0.29) is 6.04 Å². The van der Waals surface area contributed by atoms with Gasteiger partial charge in [-0.05, 0) is 19.4 Å². The van der Waals surface area contributed by atoms with E-state index in [0.29, 0.717) is 5.89 Å². The highest BCUT2D eigenvalue weighted by Crippen LogP contribution is 2.31. The molecule has 3 rings (SSSR count). The lowest BCUT2D eigenvalue weighted by Gasteiger charge is -2.20. The van der Waals surface area contributed by atoms with Crippen molar-refractivity contribution >= 4 is 0 Å². The van der Waals surface area contributed by atoms with E-state index in [1.165, 1.54) is 0 Å². The van der Waals surface area contributed by atoms with Crippen molar-refractivity contribution in [2.45, 2.75) is 38.8 Å². The third-order valence-electron chi connectivity index (χ3n) is 3.30. The van der Waals surface area contributed by atoms with Gasteiger partial charge in [-0.15, -0.1) is 0 Å². The molecule has 2 aromatic heterocycles. The zero-order chi connectivity index (χ0) is 12.4. The van der Waals surface area contributed by atoms with Gasteiger partial charge >= 0.3 is 0 Å². The maximum atomic E-state index is 5.19. The minimum Gasteiger partial charge on any atom is -0.364 e. The van der Waals surface area contributed by atoms with Crippen molar-refractivity contribution in [3.63, 3.8) is 0 Å². The Hall–Kier alpha value is -1.69. The standard InChI is InChI=1S/C12H16N4O2/c1-2-11-13-12(15-18-11)10-4-3-6-16(10)8-9-5-7-17-14-9/h5,7,10H,2-4,6,8H2,1H3/t10-/m0/s1. The van der Waals surface area contributed by atoms with Crippen molar-refractivity contribution in [2.75, 3.05) is 6.54 Å². The number of hydrogen-bond acceptors (Lipinski definition) is 6. The third kappa shape index (κ3) is 2.15. The molecular formula is C12H16N4O2. The van der Waals surface area contributed by atoms with Gasteiger partial charge in [-0.3, -0.25) is 4.90 Å². The molecule has 96 valence electrons. The highest BCUT2D eigenvalue weighted by atomic mass is 16.5. The van der Waals surface area contributed by atoms with Crippen LogP contribution in [0.4, 0.5) is 0 Å². The molecule has 6 nitrogen and oxygen atoms in total. The lowest BCUT2D eigenvalue weighted by atomic mass is 10.2. The van der Waals surface area contributed by atoms with E-state index in [1.807, 2.05) is 13.0 Å². The minimum absolute atomic E-state index is 0.241.